The number of aromatic nitrogens is 1. The number of hydrogen-bond donors (Lipinski definition) is 1. The predicted molar refractivity (Wildman–Crippen MR) is 138 cm³/mol. The molecule has 178 valence electrons. The van der Waals surface area contributed by atoms with Gasteiger partial charge in [-0.15, -0.1) is 0 Å². The summed E-state index contributed by atoms with van der Waals surface area (Å²) in [5, 5.41) is 1.68. The van der Waals surface area contributed by atoms with Gasteiger partial charge in [0.05, 0.1) is 28.5 Å². The van der Waals surface area contributed by atoms with Crippen LogP contribution >= 0.6 is 11.6 Å². The highest BCUT2D eigenvalue weighted by Gasteiger charge is 2.27. The quantitative estimate of drug-likeness (QED) is 0.327. The minimum Gasteiger partial charge on any atom is -0.274 e. The van der Waals surface area contributed by atoms with E-state index < -0.39 is 10.0 Å². The summed E-state index contributed by atoms with van der Waals surface area (Å²) in [4.78, 5) is 15.9. The van der Waals surface area contributed by atoms with Crippen LogP contribution in [0.3, 0.4) is 0 Å². The number of para-hydroxylation sites is 1. The lowest BCUT2D eigenvalue weighted by Gasteiger charge is -2.27. The van der Waals surface area contributed by atoms with Crippen LogP contribution in [0.15, 0.2) is 108 Å². The minimum absolute atomic E-state index is 0.0100. The average molecular weight is 507 g/mol. The number of hydrazine groups is 1. The molecule has 0 bridgehead atoms. The molecule has 35 heavy (non-hydrogen) atoms. The normalized spacial score (nSPS) is 11.0. The van der Waals surface area contributed by atoms with Crippen LogP contribution in [0.5, 0.6) is 0 Å². The van der Waals surface area contributed by atoms with Crippen LogP contribution in [-0.2, 0) is 21.4 Å². The second-order valence-corrected chi connectivity index (χ2v) is 9.99. The summed E-state index contributed by atoms with van der Waals surface area (Å²) >= 11 is 6.40. The van der Waals surface area contributed by atoms with Crippen molar-refractivity contribution in [2.24, 2.45) is 0 Å². The van der Waals surface area contributed by atoms with Gasteiger partial charge in [0.1, 0.15) is 0 Å². The van der Waals surface area contributed by atoms with Gasteiger partial charge in [-0.3, -0.25) is 24.5 Å². The summed E-state index contributed by atoms with van der Waals surface area (Å²) in [6.07, 6.45) is 3.15. The lowest BCUT2D eigenvalue weighted by Crippen LogP contribution is -2.37. The van der Waals surface area contributed by atoms with Gasteiger partial charge in [-0.1, -0.05) is 60.1 Å². The number of sulfonamides is 1. The highest BCUT2D eigenvalue weighted by molar-refractivity contribution is 7.92. The maximum absolute atomic E-state index is 14.0. The predicted octanol–water partition coefficient (Wildman–Crippen LogP) is 5.32. The van der Waals surface area contributed by atoms with Gasteiger partial charge in [0, 0.05) is 24.3 Å². The van der Waals surface area contributed by atoms with Crippen molar-refractivity contribution >= 4 is 44.6 Å². The summed E-state index contributed by atoms with van der Waals surface area (Å²) in [5.41, 5.74) is 5.04. The van der Waals surface area contributed by atoms with E-state index in [9.17, 15) is 13.2 Å². The number of carbonyl (C=O) groups excluding carboxylic acids is 1. The minimum atomic E-state index is -4.04. The molecule has 7 nitrogen and oxygen atoms in total. The molecule has 0 saturated heterocycles. The summed E-state index contributed by atoms with van der Waals surface area (Å²) in [6, 6.07) is 26.1. The van der Waals surface area contributed by atoms with E-state index in [1.165, 1.54) is 28.4 Å². The molecule has 0 spiro atoms. The van der Waals surface area contributed by atoms with Crippen LogP contribution in [0, 0.1) is 0 Å². The molecule has 0 aliphatic heterocycles. The van der Waals surface area contributed by atoms with E-state index in [1.54, 1.807) is 54.9 Å². The maximum Gasteiger partial charge on any atom is 0.264 e. The van der Waals surface area contributed by atoms with E-state index in [0.717, 1.165) is 5.56 Å². The van der Waals surface area contributed by atoms with Gasteiger partial charge >= 0.3 is 0 Å². The Labute approximate surface area is 209 Å². The summed E-state index contributed by atoms with van der Waals surface area (Å²) in [6.45, 7) is 1.50. The van der Waals surface area contributed by atoms with Crippen molar-refractivity contribution in [2.45, 2.75) is 18.4 Å². The molecule has 0 aliphatic carbocycles. The number of carbonyl (C=O) groups is 1. The van der Waals surface area contributed by atoms with E-state index in [2.05, 4.69) is 10.4 Å². The first kappa shape index (κ1) is 24.3. The zero-order chi connectivity index (χ0) is 24.8. The zero-order valence-electron chi connectivity index (χ0n) is 18.9. The van der Waals surface area contributed by atoms with Crippen molar-refractivity contribution in [3.8, 4) is 0 Å². The largest absolute Gasteiger partial charge is 0.274 e. The Hall–Kier alpha value is -3.88. The fourth-order valence-corrected chi connectivity index (χ4v) is 5.35. The molecule has 3 aromatic carbocycles. The van der Waals surface area contributed by atoms with E-state index in [1.807, 2.05) is 36.4 Å². The number of pyridine rings is 1. The fourth-order valence-electron chi connectivity index (χ4n) is 3.54. The number of rotatable bonds is 8. The number of halogens is 1. The standard InChI is InChI=1S/C26H23ClN4O3S/c1-20(32)29-31(24-12-14-28-15-13-24)25-16-22(27)17-26(18-25)35(33,34)30(23-10-6-3-7-11-23)19-21-8-4-2-5-9-21/h2-18H,19H2,1H3,(H,29,32). The Bertz CT molecular complexity index is 1400. The second kappa shape index (κ2) is 10.6. The Kier molecular flexibility index (Phi) is 7.33. The SMILES string of the molecule is CC(=O)NN(c1ccncc1)c1cc(Cl)cc(S(=O)(=O)N(Cc2ccccc2)c2ccccc2)c1. The van der Waals surface area contributed by atoms with Crippen LogP contribution in [0.1, 0.15) is 12.5 Å². The molecule has 0 radical (unpaired) electrons. The van der Waals surface area contributed by atoms with Crippen LogP contribution in [0.2, 0.25) is 5.02 Å². The van der Waals surface area contributed by atoms with Crippen molar-refractivity contribution in [1.29, 1.82) is 0 Å². The molecule has 0 atom stereocenters. The molecule has 0 fully saturated rings. The summed E-state index contributed by atoms with van der Waals surface area (Å²) in [5.74, 6) is -0.332. The van der Waals surface area contributed by atoms with E-state index in [0.29, 0.717) is 17.1 Å². The fraction of sp³-hybridized carbons (Fsp3) is 0.0769. The zero-order valence-corrected chi connectivity index (χ0v) is 20.4. The Balaban J connectivity index is 1.81. The topological polar surface area (TPSA) is 82.6 Å². The lowest BCUT2D eigenvalue weighted by molar-refractivity contribution is -0.118. The van der Waals surface area contributed by atoms with E-state index in [-0.39, 0.29) is 22.4 Å². The smallest absolute Gasteiger partial charge is 0.264 e. The van der Waals surface area contributed by atoms with Crippen molar-refractivity contribution in [3.63, 3.8) is 0 Å². The van der Waals surface area contributed by atoms with Crippen LogP contribution in [-0.4, -0.2) is 19.3 Å². The van der Waals surface area contributed by atoms with Gasteiger partial charge in [-0.2, -0.15) is 0 Å². The molecule has 9 heteroatoms. The van der Waals surface area contributed by atoms with Gasteiger partial charge in [-0.25, -0.2) is 8.42 Å². The monoisotopic (exact) mass is 506 g/mol. The van der Waals surface area contributed by atoms with Gasteiger partial charge in [0.25, 0.3) is 10.0 Å². The highest BCUT2D eigenvalue weighted by atomic mass is 35.5. The summed E-state index contributed by atoms with van der Waals surface area (Å²) in [7, 11) is -4.04. The summed E-state index contributed by atoms with van der Waals surface area (Å²) < 4.78 is 29.3. The molecule has 0 saturated carbocycles. The number of benzene rings is 3. The van der Waals surface area contributed by atoms with Gasteiger partial charge < -0.3 is 0 Å². The highest BCUT2D eigenvalue weighted by Crippen LogP contribution is 2.32. The molecule has 0 aliphatic rings. The molecular weight excluding hydrogens is 484 g/mol. The van der Waals surface area contributed by atoms with Crippen molar-refractivity contribution < 1.29 is 13.2 Å². The third-order valence-electron chi connectivity index (χ3n) is 5.11. The molecule has 0 unspecified atom stereocenters. The lowest BCUT2D eigenvalue weighted by atomic mass is 10.2. The molecule has 4 rings (SSSR count). The van der Waals surface area contributed by atoms with Crippen LogP contribution in [0.25, 0.3) is 0 Å². The molecule has 1 N–H and O–H groups in total. The second-order valence-electron chi connectivity index (χ2n) is 7.69. The van der Waals surface area contributed by atoms with E-state index >= 15 is 0 Å². The Morgan fingerprint density at radius 2 is 1.49 bits per heavy atom. The maximum atomic E-state index is 14.0. The number of amides is 1. The molecule has 1 aromatic heterocycles. The third kappa shape index (κ3) is 5.79. The molecule has 4 aromatic rings. The van der Waals surface area contributed by atoms with Crippen LogP contribution < -0.4 is 14.7 Å². The average Bonchev–Trinajstić information content (AvgIpc) is 2.87. The van der Waals surface area contributed by atoms with Crippen molar-refractivity contribution in [1.82, 2.24) is 10.4 Å². The number of nitrogens with zero attached hydrogens (tertiary/aromatic N) is 3. The Morgan fingerprint density at radius 1 is 0.857 bits per heavy atom. The molecule has 1 heterocycles. The van der Waals surface area contributed by atoms with E-state index in [4.69, 9.17) is 11.6 Å². The first-order chi connectivity index (χ1) is 16.8. The number of anilines is 3. The first-order valence-electron chi connectivity index (χ1n) is 10.7. The molecular formula is C26H23ClN4O3S. The van der Waals surface area contributed by atoms with Crippen molar-refractivity contribution in [3.05, 3.63) is 114 Å². The third-order valence-corrected chi connectivity index (χ3v) is 7.08. The van der Waals surface area contributed by atoms with Gasteiger partial charge in [0.2, 0.25) is 5.91 Å². The first-order valence-corrected chi connectivity index (χ1v) is 12.6. The van der Waals surface area contributed by atoms with Crippen LogP contribution in [0.4, 0.5) is 17.1 Å². The number of hydrogen-bond acceptors (Lipinski definition) is 5. The van der Waals surface area contributed by atoms with Crippen molar-refractivity contribution in [2.75, 3.05) is 9.31 Å². The van der Waals surface area contributed by atoms with Gasteiger partial charge in [-0.05, 0) is 48.0 Å². The number of nitrogens with one attached hydrogen (secondary N) is 1. The van der Waals surface area contributed by atoms with Gasteiger partial charge in [0.15, 0.2) is 0 Å². The Morgan fingerprint density at radius 3 is 2.11 bits per heavy atom. The molecule has 1 amide bonds.